The van der Waals surface area contributed by atoms with Gasteiger partial charge in [0.05, 0.1) is 13.2 Å². The van der Waals surface area contributed by atoms with E-state index in [2.05, 4.69) is 10.3 Å². The maximum absolute atomic E-state index is 11.6. The summed E-state index contributed by atoms with van der Waals surface area (Å²) < 4.78 is 34.7. The van der Waals surface area contributed by atoms with Crippen molar-refractivity contribution in [2.75, 3.05) is 13.2 Å². The van der Waals surface area contributed by atoms with E-state index >= 15 is 0 Å². The summed E-state index contributed by atoms with van der Waals surface area (Å²) in [5.41, 5.74) is 0.852. The highest BCUT2D eigenvalue weighted by molar-refractivity contribution is 5.81. The van der Waals surface area contributed by atoms with Gasteiger partial charge in [-0.2, -0.15) is 13.2 Å². The summed E-state index contributed by atoms with van der Waals surface area (Å²) in [6, 6.07) is 0. The molecule has 0 aromatic rings. The van der Waals surface area contributed by atoms with Crippen molar-refractivity contribution in [3.8, 4) is 0 Å². The van der Waals surface area contributed by atoms with Crippen LogP contribution in [0, 0.1) is 0 Å². The van der Waals surface area contributed by atoms with Crippen molar-refractivity contribution in [3.05, 3.63) is 0 Å². The lowest BCUT2D eigenvalue weighted by molar-refractivity contribution is -0.124. The van der Waals surface area contributed by atoms with E-state index < -0.39 is 12.7 Å². The van der Waals surface area contributed by atoms with Gasteiger partial charge in [-0.15, -0.1) is 0 Å². The fraction of sp³-hybridized carbons (Fsp3) is 0.857. The largest absolute Gasteiger partial charge is 0.401 e. The van der Waals surface area contributed by atoms with Gasteiger partial charge in [0.25, 0.3) is 0 Å². The Labute approximate surface area is 69.9 Å². The van der Waals surface area contributed by atoms with Crippen molar-refractivity contribution < 1.29 is 13.2 Å². The zero-order valence-electron chi connectivity index (χ0n) is 7.20. The molecule has 0 aromatic carbocycles. The van der Waals surface area contributed by atoms with Crippen LogP contribution in [0.25, 0.3) is 0 Å². The van der Waals surface area contributed by atoms with E-state index in [0.29, 0.717) is 0 Å². The highest BCUT2D eigenvalue weighted by Crippen LogP contribution is 2.11. The molecule has 0 aliphatic heterocycles. The molecule has 0 radical (unpaired) electrons. The molecule has 12 heavy (non-hydrogen) atoms. The van der Waals surface area contributed by atoms with Gasteiger partial charge in [0.15, 0.2) is 0 Å². The number of hydrogen-bond acceptors (Lipinski definition) is 2. The molecular weight excluding hydrogens is 169 g/mol. The van der Waals surface area contributed by atoms with E-state index in [9.17, 15) is 13.2 Å². The number of nitrogens with one attached hydrogen (secondary N) is 1. The lowest BCUT2D eigenvalue weighted by atomic mass is 10.3. The van der Waals surface area contributed by atoms with Crippen molar-refractivity contribution in [1.82, 2.24) is 5.32 Å². The maximum atomic E-state index is 11.6. The van der Waals surface area contributed by atoms with Crippen molar-refractivity contribution in [2.24, 2.45) is 4.99 Å². The van der Waals surface area contributed by atoms with Gasteiger partial charge in [-0.3, -0.25) is 10.3 Å². The molecule has 0 atom stereocenters. The third kappa shape index (κ3) is 7.53. The smallest absolute Gasteiger partial charge is 0.290 e. The fourth-order valence-electron chi connectivity index (χ4n) is 0.500. The van der Waals surface area contributed by atoms with Gasteiger partial charge in [-0.1, -0.05) is 6.92 Å². The Morgan fingerprint density at radius 2 is 2.00 bits per heavy atom. The summed E-state index contributed by atoms with van der Waals surface area (Å²) >= 11 is 0. The predicted molar refractivity (Wildman–Crippen MR) is 42.3 cm³/mol. The topological polar surface area (TPSA) is 24.4 Å². The first-order valence-electron chi connectivity index (χ1n) is 3.73. The molecule has 0 fully saturated rings. The predicted octanol–water partition coefficient (Wildman–Crippen LogP) is 1.97. The summed E-state index contributed by atoms with van der Waals surface area (Å²) in [6.45, 7) is 2.75. The van der Waals surface area contributed by atoms with Gasteiger partial charge >= 0.3 is 6.18 Å². The molecule has 1 N–H and O–H groups in total. The molecule has 0 saturated carbocycles. The summed E-state index contributed by atoms with van der Waals surface area (Å²) in [5.74, 6) is 0. The average Bonchev–Trinajstić information content (AvgIpc) is 1.96. The summed E-state index contributed by atoms with van der Waals surface area (Å²) in [6.07, 6.45) is -3.37. The molecule has 0 heterocycles. The molecule has 0 spiro atoms. The van der Waals surface area contributed by atoms with Crippen LogP contribution in [0.2, 0.25) is 0 Å². The maximum Gasteiger partial charge on any atom is 0.401 e. The second-order valence-electron chi connectivity index (χ2n) is 2.45. The zero-order chi connectivity index (χ0) is 9.61. The fourth-order valence-corrected chi connectivity index (χ4v) is 0.500. The molecule has 0 aliphatic rings. The monoisotopic (exact) mass is 182 g/mol. The summed E-state index contributed by atoms with van der Waals surface area (Å²) in [5, 5.41) is 2.18. The highest BCUT2D eigenvalue weighted by Gasteiger charge is 2.25. The summed E-state index contributed by atoms with van der Waals surface area (Å²) in [7, 11) is 0. The number of hydrogen-bond donors (Lipinski definition) is 1. The van der Waals surface area contributed by atoms with E-state index in [-0.39, 0.29) is 6.67 Å². The molecule has 72 valence electrons. The Bertz CT molecular complexity index is 151. The minimum atomic E-state index is -4.14. The molecule has 0 aliphatic carbocycles. The SMILES string of the molecule is CCC(C)=NCNCC(F)(F)F. The van der Waals surface area contributed by atoms with Crippen LogP contribution < -0.4 is 5.32 Å². The van der Waals surface area contributed by atoms with Crippen LogP contribution >= 0.6 is 0 Å². The van der Waals surface area contributed by atoms with Gasteiger partial charge in [-0.05, 0) is 13.3 Å². The molecule has 0 aromatic heterocycles. The molecule has 0 unspecified atom stereocenters. The lowest BCUT2D eigenvalue weighted by Crippen LogP contribution is -2.29. The first kappa shape index (κ1) is 11.4. The Hall–Kier alpha value is -0.580. The van der Waals surface area contributed by atoms with Crippen molar-refractivity contribution in [3.63, 3.8) is 0 Å². The number of halogens is 3. The number of alkyl halides is 3. The molecule has 0 bridgehead atoms. The van der Waals surface area contributed by atoms with Crippen molar-refractivity contribution >= 4 is 5.71 Å². The second kappa shape index (κ2) is 5.13. The summed E-state index contributed by atoms with van der Waals surface area (Å²) in [4.78, 5) is 3.85. The molecule has 2 nitrogen and oxygen atoms in total. The average molecular weight is 182 g/mol. The van der Waals surface area contributed by atoms with E-state index in [1.54, 1.807) is 6.92 Å². The Kier molecular flexibility index (Phi) is 4.89. The van der Waals surface area contributed by atoms with Crippen LogP contribution in [0.1, 0.15) is 20.3 Å². The Morgan fingerprint density at radius 1 is 1.42 bits per heavy atom. The van der Waals surface area contributed by atoms with E-state index in [4.69, 9.17) is 0 Å². The standard InChI is InChI=1S/C7H13F3N2/c1-3-6(2)12-5-11-4-7(8,9)10/h11H,3-5H2,1-2H3. The van der Waals surface area contributed by atoms with Crippen molar-refractivity contribution in [1.29, 1.82) is 0 Å². The van der Waals surface area contributed by atoms with Crippen LogP contribution in [0.5, 0.6) is 0 Å². The minimum absolute atomic E-state index is 0.0409. The third-order valence-electron chi connectivity index (χ3n) is 1.30. The zero-order valence-corrected chi connectivity index (χ0v) is 7.20. The van der Waals surface area contributed by atoms with Gasteiger partial charge < -0.3 is 0 Å². The van der Waals surface area contributed by atoms with Crippen LogP contribution in [0.4, 0.5) is 13.2 Å². The van der Waals surface area contributed by atoms with Gasteiger partial charge in [0.2, 0.25) is 0 Å². The minimum Gasteiger partial charge on any atom is -0.290 e. The number of rotatable bonds is 4. The van der Waals surface area contributed by atoms with Crippen LogP contribution in [0.3, 0.4) is 0 Å². The van der Waals surface area contributed by atoms with Crippen molar-refractivity contribution in [2.45, 2.75) is 26.4 Å². The highest BCUT2D eigenvalue weighted by atomic mass is 19.4. The second-order valence-corrected chi connectivity index (χ2v) is 2.45. The number of aliphatic imine (C=N–C) groups is 1. The van der Waals surface area contributed by atoms with E-state index in [1.807, 2.05) is 6.92 Å². The van der Waals surface area contributed by atoms with Gasteiger partial charge in [-0.25, -0.2) is 0 Å². The molecule has 5 heteroatoms. The molecule has 0 rings (SSSR count). The first-order chi connectivity index (χ1) is 5.45. The van der Waals surface area contributed by atoms with Crippen LogP contribution in [0.15, 0.2) is 4.99 Å². The van der Waals surface area contributed by atoms with Gasteiger partial charge in [0, 0.05) is 5.71 Å². The molecule has 0 saturated heterocycles. The third-order valence-corrected chi connectivity index (χ3v) is 1.30. The lowest BCUT2D eigenvalue weighted by Gasteiger charge is -2.05. The quantitative estimate of drug-likeness (QED) is 0.521. The molecular formula is C7H13F3N2. The Morgan fingerprint density at radius 3 is 2.42 bits per heavy atom. The van der Waals surface area contributed by atoms with Crippen LogP contribution in [-0.4, -0.2) is 25.1 Å². The van der Waals surface area contributed by atoms with Gasteiger partial charge in [0.1, 0.15) is 0 Å². The van der Waals surface area contributed by atoms with Crippen LogP contribution in [-0.2, 0) is 0 Å². The van der Waals surface area contributed by atoms with E-state index in [0.717, 1.165) is 12.1 Å². The first-order valence-corrected chi connectivity index (χ1v) is 3.73. The Balaban J connectivity index is 3.45. The molecule has 0 amide bonds. The number of nitrogens with zero attached hydrogens (tertiary/aromatic N) is 1. The normalized spacial score (nSPS) is 13.6. The van der Waals surface area contributed by atoms with E-state index in [1.165, 1.54) is 0 Å².